The SMILES string of the molecule is Fc1ccc(-c2[nH]ncc2CCN2CCC(=Cc3ccccc3F)CC2)cc1. The number of benzene rings is 2. The van der Waals surface area contributed by atoms with Crippen LogP contribution in [0.2, 0.25) is 0 Å². The second-order valence-electron chi connectivity index (χ2n) is 7.19. The molecule has 3 aromatic rings. The lowest BCUT2D eigenvalue weighted by molar-refractivity contribution is 0.260. The molecule has 3 nitrogen and oxygen atoms in total. The molecule has 5 heteroatoms. The zero-order chi connectivity index (χ0) is 19.3. The largest absolute Gasteiger partial charge is 0.302 e. The fourth-order valence-electron chi connectivity index (χ4n) is 3.67. The molecular weight excluding hydrogens is 356 g/mol. The van der Waals surface area contributed by atoms with Gasteiger partial charge in [-0.05, 0) is 55.2 Å². The number of H-pyrrole nitrogens is 1. The minimum Gasteiger partial charge on any atom is -0.302 e. The van der Waals surface area contributed by atoms with Crippen molar-refractivity contribution in [2.75, 3.05) is 19.6 Å². The van der Waals surface area contributed by atoms with Crippen molar-refractivity contribution in [2.24, 2.45) is 0 Å². The van der Waals surface area contributed by atoms with Crippen LogP contribution in [0.5, 0.6) is 0 Å². The predicted molar refractivity (Wildman–Crippen MR) is 108 cm³/mol. The Morgan fingerprint density at radius 1 is 1.00 bits per heavy atom. The third-order valence-corrected chi connectivity index (χ3v) is 5.31. The second kappa shape index (κ2) is 8.48. The van der Waals surface area contributed by atoms with Crippen LogP contribution in [0.4, 0.5) is 8.78 Å². The predicted octanol–water partition coefficient (Wildman–Crippen LogP) is 5.08. The maximum atomic E-state index is 13.8. The van der Waals surface area contributed by atoms with E-state index in [9.17, 15) is 8.78 Å². The van der Waals surface area contributed by atoms with E-state index in [2.05, 4.69) is 15.1 Å². The Labute approximate surface area is 163 Å². The average molecular weight is 379 g/mol. The summed E-state index contributed by atoms with van der Waals surface area (Å²) in [4.78, 5) is 2.43. The van der Waals surface area contributed by atoms with Gasteiger partial charge in [0.05, 0.1) is 11.9 Å². The highest BCUT2D eigenvalue weighted by Gasteiger charge is 2.16. The maximum Gasteiger partial charge on any atom is 0.130 e. The summed E-state index contributed by atoms with van der Waals surface area (Å²) in [6.07, 6.45) is 6.66. The zero-order valence-electron chi connectivity index (χ0n) is 15.7. The Hall–Kier alpha value is -2.79. The van der Waals surface area contributed by atoms with E-state index in [1.807, 2.05) is 24.4 Å². The molecule has 1 aliphatic heterocycles. The molecule has 4 rings (SSSR count). The van der Waals surface area contributed by atoms with Crippen LogP contribution in [-0.4, -0.2) is 34.7 Å². The van der Waals surface area contributed by atoms with Crippen LogP contribution in [0.1, 0.15) is 24.0 Å². The molecule has 1 fully saturated rings. The van der Waals surface area contributed by atoms with Crippen molar-refractivity contribution in [1.29, 1.82) is 0 Å². The summed E-state index contributed by atoms with van der Waals surface area (Å²) < 4.78 is 27.0. The van der Waals surface area contributed by atoms with Gasteiger partial charge in [0.25, 0.3) is 0 Å². The van der Waals surface area contributed by atoms with Gasteiger partial charge in [0.2, 0.25) is 0 Å². The van der Waals surface area contributed by atoms with Crippen LogP contribution in [0.15, 0.2) is 60.3 Å². The van der Waals surface area contributed by atoms with Gasteiger partial charge in [-0.2, -0.15) is 5.10 Å². The number of nitrogens with one attached hydrogen (secondary N) is 1. The molecule has 1 N–H and O–H groups in total. The quantitative estimate of drug-likeness (QED) is 0.671. The molecule has 28 heavy (non-hydrogen) atoms. The smallest absolute Gasteiger partial charge is 0.130 e. The fourth-order valence-corrected chi connectivity index (χ4v) is 3.67. The van der Waals surface area contributed by atoms with Crippen molar-refractivity contribution in [3.8, 4) is 11.3 Å². The van der Waals surface area contributed by atoms with Gasteiger partial charge in [-0.3, -0.25) is 5.10 Å². The average Bonchev–Trinajstić information content (AvgIpc) is 3.18. The second-order valence-corrected chi connectivity index (χ2v) is 7.19. The normalized spacial score (nSPS) is 15.0. The molecule has 1 saturated heterocycles. The number of aromatic nitrogens is 2. The molecular formula is C23H23F2N3. The van der Waals surface area contributed by atoms with Crippen molar-refractivity contribution in [3.63, 3.8) is 0 Å². The highest BCUT2D eigenvalue weighted by Crippen LogP contribution is 2.24. The number of likely N-dealkylation sites (tertiary alicyclic amines) is 1. The molecule has 0 spiro atoms. The summed E-state index contributed by atoms with van der Waals surface area (Å²) in [5, 5.41) is 7.20. The number of halogens is 2. The van der Waals surface area contributed by atoms with Crippen LogP contribution in [0, 0.1) is 11.6 Å². The number of hydrogen-bond donors (Lipinski definition) is 1. The molecule has 1 aromatic heterocycles. The summed E-state index contributed by atoms with van der Waals surface area (Å²) in [5.41, 5.74) is 5.02. The summed E-state index contributed by atoms with van der Waals surface area (Å²) in [6, 6.07) is 13.4. The Kier molecular flexibility index (Phi) is 5.63. The minimum absolute atomic E-state index is 0.161. The van der Waals surface area contributed by atoms with E-state index < -0.39 is 0 Å². The molecule has 0 radical (unpaired) electrons. The number of hydrogen-bond acceptors (Lipinski definition) is 2. The van der Waals surface area contributed by atoms with Crippen molar-refractivity contribution in [2.45, 2.75) is 19.3 Å². The lowest BCUT2D eigenvalue weighted by Crippen LogP contribution is -2.32. The van der Waals surface area contributed by atoms with E-state index in [-0.39, 0.29) is 11.6 Å². The van der Waals surface area contributed by atoms with E-state index in [0.717, 1.165) is 55.7 Å². The maximum absolute atomic E-state index is 13.8. The lowest BCUT2D eigenvalue weighted by atomic mass is 10.00. The third-order valence-electron chi connectivity index (χ3n) is 5.31. The van der Waals surface area contributed by atoms with E-state index >= 15 is 0 Å². The first-order valence-electron chi connectivity index (χ1n) is 9.63. The topological polar surface area (TPSA) is 31.9 Å². The van der Waals surface area contributed by atoms with Crippen molar-refractivity contribution in [1.82, 2.24) is 15.1 Å². The Bertz CT molecular complexity index is 950. The van der Waals surface area contributed by atoms with Crippen LogP contribution in [-0.2, 0) is 6.42 Å². The van der Waals surface area contributed by atoms with Gasteiger partial charge in [0, 0.05) is 30.8 Å². The molecule has 0 atom stereocenters. The van der Waals surface area contributed by atoms with Gasteiger partial charge >= 0.3 is 0 Å². The van der Waals surface area contributed by atoms with Gasteiger partial charge in [0.1, 0.15) is 11.6 Å². The van der Waals surface area contributed by atoms with E-state index in [1.165, 1.54) is 23.8 Å². The molecule has 2 heterocycles. The van der Waals surface area contributed by atoms with Crippen LogP contribution in [0.25, 0.3) is 17.3 Å². The van der Waals surface area contributed by atoms with Crippen LogP contribution < -0.4 is 0 Å². The Balaban J connectivity index is 1.34. The summed E-state index contributed by atoms with van der Waals surface area (Å²) in [5.74, 6) is -0.400. The van der Waals surface area contributed by atoms with E-state index in [1.54, 1.807) is 18.2 Å². The first kappa shape index (κ1) is 18.6. The monoisotopic (exact) mass is 379 g/mol. The van der Waals surface area contributed by atoms with Crippen molar-refractivity contribution < 1.29 is 8.78 Å². The Morgan fingerprint density at radius 3 is 2.50 bits per heavy atom. The summed E-state index contributed by atoms with van der Waals surface area (Å²) in [7, 11) is 0. The first-order chi connectivity index (χ1) is 13.7. The number of rotatable bonds is 5. The van der Waals surface area contributed by atoms with Crippen molar-refractivity contribution >= 4 is 6.08 Å². The van der Waals surface area contributed by atoms with E-state index in [4.69, 9.17) is 0 Å². The summed E-state index contributed by atoms with van der Waals surface area (Å²) in [6.45, 7) is 2.90. The highest BCUT2D eigenvalue weighted by molar-refractivity contribution is 5.62. The first-order valence-corrected chi connectivity index (χ1v) is 9.63. The lowest BCUT2D eigenvalue weighted by Gasteiger charge is -2.28. The van der Waals surface area contributed by atoms with Gasteiger partial charge < -0.3 is 4.90 Å². The van der Waals surface area contributed by atoms with Crippen molar-refractivity contribution in [3.05, 3.63) is 83.1 Å². The highest BCUT2D eigenvalue weighted by atomic mass is 19.1. The standard InChI is InChI=1S/C23H23F2N3/c24-21-7-5-18(6-8-21)23-20(16-26-27-23)11-14-28-12-9-17(10-13-28)15-19-3-1-2-4-22(19)25/h1-8,15-16H,9-14H2,(H,26,27). The van der Waals surface area contributed by atoms with Crippen LogP contribution >= 0.6 is 0 Å². The summed E-state index contributed by atoms with van der Waals surface area (Å²) >= 11 is 0. The molecule has 0 aliphatic carbocycles. The molecule has 0 amide bonds. The molecule has 0 saturated carbocycles. The van der Waals surface area contributed by atoms with Gasteiger partial charge in [0.15, 0.2) is 0 Å². The number of piperidine rings is 1. The zero-order valence-corrected chi connectivity index (χ0v) is 15.7. The fraction of sp³-hybridized carbons (Fsp3) is 0.261. The number of aromatic amines is 1. The molecule has 1 aliphatic rings. The van der Waals surface area contributed by atoms with Gasteiger partial charge in [-0.1, -0.05) is 29.8 Å². The number of nitrogens with zero attached hydrogens (tertiary/aromatic N) is 2. The molecule has 0 bridgehead atoms. The molecule has 2 aromatic carbocycles. The van der Waals surface area contributed by atoms with Gasteiger partial charge in [-0.15, -0.1) is 0 Å². The third kappa shape index (κ3) is 4.37. The molecule has 144 valence electrons. The van der Waals surface area contributed by atoms with Crippen LogP contribution in [0.3, 0.4) is 0 Å². The Morgan fingerprint density at radius 2 is 1.75 bits per heavy atom. The molecule has 0 unspecified atom stereocenters. The van der Waals surface area contributed by atoms with Gasteiger partial charge in [-0.25, -0.2) is 8.78 Å². The minimum atomic E-state index is -0.239. The van der Waals surface area contributed by atoms with E-state index in [0.29, 0.717) is 5.56 Å².